The molecule has 1 fully saturated rings. The minimum Gasteiger partial charge on any atom is -0.379 e. The van der Waals surface area contributed by atoms with Gasteiger partial charge in [0.25, 0.3) is 0 Å². The summed E-state index contributed by atoms with van der Waals surface area (Å²) in [5.74, 6) is 0. The molecule has 1 aromatic heterocycles. The van der Waals surface area contributed by atoms with E-state index in [1.807, 2.05) is 0 Å². The van der Waals surface area contributed by atoms with E-state index in [1.165, 1.54) is 6.20 Å². The summed E-state index contributed by atoms with van der Waals surface area (Å²) in [6, 6.07) is 3.28. The zero-order chi connectivity index (χ0) is 9.31. The largest absolute Gasteiger partial charge is 0.379 e. The van der Waals surface area contributed by atoms with Crippen LogP contribution in [0.5, 0.6) is 0 Å². The normalized spacial score (nSPS) is 19.2. The van der Waals surface area contributed by atoms with Gasteiger partial charge in [0.2, 0.25) is 0 Å². The van der Waals surface area contributed by atoms with E-state index in [0.717, 1.165) is 6.29 Å². The monoisotopic (exact) mass is 179 g/mol. The van der Waals surface area contributed by atoms with Crippen LogP contribution in [0, 0.1) is 0 Å². The Morgan fingerprint density at radius 1 is 1.54 bits per heavy atom. The first-order valence-corrected chi connectivity index (χ1v) is 3.96. The van der Waals surface area contributed by atoms with Crippen molar-refractivity contribution in [1.29, 1.82) is 0 Å². The molecule has 0 spiro atoms. The molecule has 0 aliphatic carbocycles. The molecule has 0 amide bonds. The van der Waals surface area contributed by atoms with Crippen LogP contribution in [0.4, 0.5) is 0 Å². The fourth-order valence-electron chi connectivity index (χ4n) is 1.19. The molecule has 13 heavy (non-hydrogen) atoms. The number of aromatic nitrogens is 1. The number of rotatable bonds is 2. The molecule has 0 radical (unpaired) electrons. The molecule has 0 aromatic carbocycles. The third-order valence-electron chi connectivity index (χ3n) is 2.08. The van der Waals surface area contributed by atoms with Gasteiger partial charge in [-0.25, -0.2) is 0 Å². The number of ether oxygens (including phenoxy) is 1. The Morgan fingerprint density at radius 3 is 2.69 bits per heavy atom. The van der Waals surface area contributed by atoms with Gasteiger partial charge in [-0.2, -0.15) is 0 Å². The van der Waals surface area contributed by atoms with E-state index < -0.39 is 5.60 Å². The second-order valence-corrected chi connectivity index (χ2v) is 3.12. The molecule has 1 aliphatic heterocycles. The second-order valence-electron chi connectivity index (χ2n) is 3.12. The predicted molar refractivity (Wildman–Crippen MR) is 44.3 cm³/mol. The van der Waals surface area contributed by atoms with Crippen molar-refractivity contribution in [2.75, 3.05) is 13.2 Å². The molecule has 0 bridgehead atoms. The fourth-order valence-corrected chi connectivity index (χ4v) is 1.19. The van der Waals surface area contributed by atoms with Crippen molar-refractivity contribution in [3.8, 4) is 0 Å². The van der Waals surface area contributed by atoms with E-state index in [1.54, 1.807) is 12.1 Å². The highest BCUT2D eigenvalue weighted by Crippen LogP contribution is 2.27. The second kappa shape index (κ2) is 2.90. The number of carbonyl (C=O) groups is 1. The van der Waals surface area contributed by atoms with Crippen LogP contribution in [0.15, 0.2) is 18.3 Å². The lowest BCUT2D eigenvalue weighted by molar-refractivity contribution is -0.186. The summed E-state index contributed by atoms with van der Waals surface area (Å²) in [7, 11) is 0. The van der Waals surface area contributed by atoms with Gasteiger partial charge in [-0.3, -0.25) is 9.78 Å². The summed E-state index contributed by atoms with van der Waals surface area (Å²) in [6.07, 6.45) is 2.16. The maximum atomic E-state index is 10.3. The van der Waals surface area contributed by atoms with E-state index in [-0.39, 0.29) is 13.2 Å². The molecule has 0 atom stereocenters. The highest BCUT2D eigenvalue weighted by Gasteiger charge is 2.39. The van der Waals surface area contributed by atoms with Crippen molar-refractivity contribution in [3.63, 3.8) is 0 Å². The summed E-state index contributed by atoms with van der Waals surface area (Å²) in [5, 5.41) is 9.77. The van der Waals surface area contributed by atoms with Gasteiger partial charge in [-0.15, -0.1) is 0 Å². The standard InChI is InChI=1S/C9H9NO3/c11-4-7-1-2-8(10-3-7)9(12)5-13-6-9/h1-4,12H,5-6H2. The molecular formula is C9H9NO3. The van der Waals surface area contributed by atoms with Gasteiger partial charge >= 0.3 is 0 Å². The first-order valence-electron chi connectivity index (χ1n) is 3.96. The van der Waals surface area contributed by atoms with Crippen LogP contribution in [0.2, 0.25) is 0 Å². The first-order chi connectivity index (χ1) is 6.24. The van der Waals surface area contributed by atoms with E-state index in [9.17, 15) is 9.90 Å². The maximum absolute atomic E-state index is 10.3. The lowest BCUT2D eigenvalue weighted by atomic mass is 9.97. The number of aldehydes is 1. The van der Waals surface area contributed by atoms with E-state index >= 15 is 0 Å². The summed E-state index contributed by atoms with van der Waals surface area (Å²) < 4.78 is 4.89. The Hall–Kier alpha value is -1.26. The van der Waals surface area contributed by atoms with Crippen LogP contribution < -0.4 is 0 Å². The molecule has 1 aliphatic rings. The van der Waals surface area contributed by atoms with Gasteiger partial charge in [-0.1, -0.05) is 0 Å². The molecular weight excluding hydrogens is 170 g/mol. The van der Waals surface area contributed by atoms with Crippen molar-refractivity contribution in [1.82, 2.24) is 4.98 Å². The number of hydrogen-bond donors (Lipinski definition) is 1. The fraction of sp³-hybridized carbons (Fsp3) is 0.333. The lowest BCUT2D eigenvalue weighted by Crippen LogP contribution is -2.47. The van der Waals surface area contributed by atoms with Crippen molar-refractivity contribution in [2.45, 2.75) is 5.60 Å². The average molecular weight is 179 g/mol. The van der Waals surface area contributed by atoms with Crippen LogP contribution in [-0.4, -0.2) is 29.6 Å². The van der Waals surface area contributed by atoms with Crippen LogP contribution >= 0.6 is 0 Å². The van der Waals surface area contributed by atoms with Crippen LogP contribution in [0.1, 0.15) is 16.1 Å². The molecule has 68 valence electrons. The van der Waals surface area contributed by atoms with E-state index in [4.69, 9.17) is 4.74 Å². The van der Waals surface area contributed by atoms with Crippen molar-refractivity contribution in [3.05, 3.63) is 29.6 Å². The summed E-state index contributed by atoms with van der Waals surface area (Å²) in [6.45, 7) is 0.556. The van der Waals surface area contributed by atoms with E-state index in [2.05, 4.69) is 4.98 Å². The summed E-state index contributed by atoms with van der Waals surface area (Å²) >= 11 is 0. The Bertz CT molecular complexity index is 316. The van der Waals surface area contributed by atoms with Gasteiger partial charge in [0.15, 0.2) is 11.9 Å². The number of hydrogen-bond acceptors (Lipinski definition) is 4. The minimum absolute atomic E-state index is 0.278. The Balaban J connectivity index is 2.27. The third-order valence-corrected chi connectivity index (χ3v) is 2.08. The Labute approximate surface area is 75.2 Å². The zero-order valence-electron chi connectivity index (χ0n) is 6.93. The molecule has 0 saturated carbocycles. The third kappa shape index (κ3) is 1.34. The van der Waals surface area contributed by atoms with Gasteiger partial charge in [0, 0.05) is 11.8 Å². The van der Waals surface area contributed by atoms with Gasteiger partial charge < -0.3 is 9.84 Å². The van der Waals surface area contributed by atoms with Gasteiger partial charge in [0.1, 0.15) is 0 Å². The molecule has 1 saturated heterocycles. The summed E-state index contributed by atoms with van der Waals surface area (Å²) in [4.78, 5) is 14.3. The van der Waals surface area contributed by atoms with Crippen molar-refractivity contribution >= 4 is 6.29 Å². The Kier molecular flexibility index (Phi) is 1.86. The quantitative estimate of drug-likeness (QED) is 0.655. The minimum atomic E-state index is -0.943. The van der Waals surface area contributed by atoms with Crippen LogP contribution in [0.3, 0.4) is 0 Å². The van der Waals surface area contributed by atoms with Crippen molar-refractivity contribution in [2.24, 2.45) is 0 Å². The highest BCUT2D eigenvalue weighted by atomic mass is 16.5. The molecule has 1 aromatic rings. The molecule has 4 nitrogen and oxygen atoms in total. The zero-order valence-corrected chi connectivity index (χ0v) is 6.93. The van der Waals surface area contributed by atoms with Crippen molar-refractivity contribution < 1.29 is 14.6 Å². The first kappa shape index (κ1) is 8.34. The van der Waals surface area contributed by atoms with Gasteiger partial charge in [-0.05, 0) is 12.1 Å². The smallest absolute Gasteiger partial charge is 0.153 e. The topological polar surface area (TPSA) is 59.4 Å². The molecule has 4 heteroatoms. The molecule has 2 rings (SSSR count). The molecule has 2 heterocycles. The van der Waals surface area contributed by atoms with Crippen LogP contribution in [0.25, 0.3) is 0 Å². The number of aliphatic hydroxyl groups is 1. The highest BCUT2D eigenvalue weighted by molar-refractivity contribution is 5.73. The van der Waals surface area contributed by atoms with Crippen LogP contribution in [-0.2, 0) is 10.3 Å². The maximum Gasteiger partial charge on any atom is 0.153 e. The number of carbonyl (C=O) groups excluding carboxylic acids is 1. The van der Waals surface area contributed by atoms with E-state index in [0.29, 0.717) is 11.3 Å². The number of nitrogens with zero attached hydrogens (tertiary/aromatic N) is 1. The Morgan fingerprint density at radius 2 is 2.31 bits per heavy atom. The molecule has 0 unspecified atom stereocenters. The van der Waals surface area contributed by atoms with Gasteiger partial charge in [0.05, 0.1) is 18.9 Å². The SMILES string of the molecule is O=Cc1ccc(C2(O)COC2)nc1. The average Bonchev–Trinajstić information content (AvgIpc) is 2.14. The summed E-state index contributed by atoms with van der Waals surface area (Å²) in [5.41, 5.74) is 0.124. The lowest BCUT2D eigenvalue weighted by Gasteiger charge is -2.35. The predicted octanol–water partition coefficient (Wildman–Crippen LogP) is 0.112. The molecule has 1 N–H and O–H groups in total. The number of pyridine rings is 1.